The van der Waals surface area contributed by atoms with E-state index >= 15 is 0 Å². The molecular weight excluding hydrogens is 256 g/mol. The maximum absolute atomic E-state index is 11.8. The first-order valence-electron chi connectivity index (χ1n) is 6.06. The number of methoxy groups -OCH3 is 1. The lowest BCUT2D eigenvalue weighted by Gasteiger charge is -2.10. The van der Waals surface area contributed by atoms with E-state index in [1.165, 1.54) is 20.1 Å². The molecule has 0 heterocycles. The minimum atomic E-state index is -0.603. The van der Waals surface area contributed by atoms with Crippen molar-refractivity contribution in [1.29, 1.82) is 0 Å². The summed E-state index contributed by atoms with van der Waals surface area (Å²) in [5.41, 5.74) is 2.00. The summed E-state index contributed by atoms with van der Waals surface area (Å²) in [6, 6.07) is 11.6. The van der Waals surface area contributed by atoms with Crippen molar-refractivity contribution < 1.29 is 19.4 Å². The lowest BCUT2D eigenvalue weighted by Crippen LogP contribution is -2.04. The molecule has 0 saturated heterocycles. The zero-order chi connectivity index (χ0) is 14.7. The van der Waals surface area contributed by atoms with Gasteiger partial charge < -0.3 is 9.84 Å². The molecule has 0 aliphatic carbocycles. The second-order valence-electron chi connectivity index (χ2n) is 4.32. The zero-order valence-corrected chi connectivity index (χ0v) is 11.2. The van der Waals surface area contributed by atoms with Gasteiger partial charge in [-0.25, -0.2) is 4.79 Å². The Morgan fingerprint density at radius 2 is 1.70 bits per heavy atom. The third-order valence-electron chi connectivity index (χ3n) is 3.03. The normalized spacial score (nSPS) is 10.1. The smallest absolute Gasteiger partial charge is 0.342 e. The number of ketones is 1. The van der Waals surface area contributed by atoms with Crippen molar-refractivity contribution in [3.05, 3.63) is 53.6 Å². The number of phenols is 1. The molecule has 2 aromatic carbocycles. The van der Waals surface area contributed by atoms with E-state index in [9.17, 15) is 14.7 Å². The van der Waals surface area contributed by atoms with Crippen molar-refractivity contribution in [3.8, 4) is 16.9 Å². The lowest BCUT2D eigenvalue weighted by atomic mass is 9.97. The van der Waals surface area contributed by atoms with Gasteiger partial charge in [-0.05, 0) is 24.1 Å². The second kappa shape index (κ2) is 5.57. The number of hydrogen-bond donors (Lipinski definition) is 1. The molecule has 4 nitrogen and oxygen atoms in total. The van der Waals surface area contributed by atoms with Crippen molar-refractivity contribution in [2.75, 3.05) is 7.11 Å². The third-order valence-corrected chi connectivity index (χ3v) is 3.03. The monoisotopic (exact) mass is 270 g/mol. The van der Waals surface area contributed by atoms with E-state index in [1.807, 2.05) is 0 Å². The average molecular weight is 270 g/mol. The summed E-state index contributed by atoms with van der Waals surface area (Å²) >= 11 is 0. The van der Waals surface area contributed by atoms with Crippen LogP contribution in [-0.2, 0) is 4.74 Å². The van der Waals surface area contributed by atoms with Crippen LogP contribution in [0, 0.1) is 0 Å². The fraction of sp³-hybridized carbons (Fsp3) is 0.125. The molecule has 2 aromatic rings. The first-order valence-corrected chi connectivity index (χ1v) is 6.06. The highest BCUT2D eigenvalue weighted by molar-refractivity contribution is 6.00. The van der Waals surface area contributed by atoms with Crippen LogP contribution < -0.4 is 0 Å². The van der Waals surface area contributed by atoms with Crippen LogP contribution in [0.2, 0.25) is 0 Å². The van der Waals surface area contributed by atoms with Gasteiger partial charge in [0.2, 0.25) is 0 Å². The van der Waals surface area contributed by atoms with Crippen LogP contribution in [0.3, 0.4) is 0 Å². The molecule has 0 atom stereocenters. The lowest BCUT2D eigenvalue weighted by molar-refractivity contribution is 0.0598. The number of Topliss-reactive ketones (excluding diaryl/α,β-unsaturated/α-hetero) is 1. The van der Waals surface area contributed by atoms with Crippen molar-refractivity contribution in [1.82, 2.24) is 0 Å². The Labute approximate surface area is 116 Å². The summed E-state index contributed by atoms with van der Waals surface area (Å²) in [7, 11) is 1.26. The minimum Gasteiger partial charge on any atom is -0.507 e. The van der Waals surface area contributed by atoms with Gasteiger partial charge in [-0.2, -0.15) is 0 Å². The second-order valence-corrected chi connectivity index (χ2v) is 4.32. The van der Waals surface area contributed by atoms with Crippen LogP contribution in [0.4, 0.5) is 0 Å². The van der Waals surface area contributed by atoms with E-state index in [2.05, 4.69) is 4.74 Å². The minimum absolute atomic E-state index is 0.0272. The van der Waals surface area contributed by atoms with E-state index in [-0.39, 0.29) is 17.1 Å². The number of hydrogen-bond acceptors (Lipinski definition) is 4. The van der Waals surface area contributed by atoms with Crippen LogP contribution in [0.1, 0.15) is 27.6 Å². The largest absolute Gasteiger partial charge is 0.507 e. The Kier molecular flexibility index (Phi) is 3.84. The highest BCUT2D eigenvalue weighted by Gasteiger charge is 2.17. The third kappa shape index (κ3) is 2.54. The Balaban J connectivity index is 2.55. The number of aromatic hydroxyl groups is 1. The van der Waals surface area contributed by atoms with Crippen LogP contribution in [0.15, 0.2) is 42.5 Å². The summed E-state index contributed by atoms with van der Waals surface area (Å²) in [6.45, 7) is 1.49. The van der Waals surface area contributed by atoms with E-state index in [1.54, 1.807) is 36.4 Å². The number of esters is 1. The van der Waals surface area contributed by atoms with Crippen molar-refractivity contribution >= 4 is 11.8 Å². The van der Waals surface area contributed by atoms with Gasteiger partial charge in [0.25, 0.3) is 0 Å². The number of phenolic OH excluding ortho intramolecular Hbond substituents is 1. The molecule has 4 heteroatoms. The highest BCUT2D eigenvalue weighted by atomic mass is 16.5. The van der Waals surface area contributed by atoms with Gasteiger partial charge >= 0.3 is 5.97 Å². The van der Waals surface area contributed by atoms with Crippen LogP contribution >= 0.6 is 0 Å². The molecule has 1 N–H and O–H groups in total. The molecule has 0 amide bonds. The molecule has 102 valence electrons. The van der Waals surface area contributed by atoms with Crippen molar-refractivity contribution in [2.24, 2.45) is 0 Å². The molecule has 0 saturated carbocycles. The molecule has 0 fully saturated rings. The molecule has 2 rings (SSSR count). The maximum Gasteiger partial charge on any atom is 0.342 e. The number of ether oxygens (including phenoxy) is 1. The Bertz CT molecular complexity index is 657. The van der Waals surface area contributed by atoms with Crippen molar-refractivity contribution in [3.63, 3.8) is 0 Å². The number of carbonyl (C=O) groups excluding carboxylic acids is 2. The molecule has 0 bridgehead atoms. The van der Waals surface area contributed by atoms with Crippen molar-refractivity contribution in [2.45, 2.75) is 6.92 Å². The first-order chi connectivity index (χ1) is 9.54. The fourth-order valence-corrected chi connectivity index (χ4v) is 1.98. The van der Waals surface area contributed by atoms with Crippen LogP contribution in [0.5, 0.6) is 5.75 Å². The Morgan fingerprint density at radius 1 is 1.05 bits per heavy atom. The molecule has 0 aliphatic rings. The van der Waals surface area contributed by atoms with Crippen LogP contribution in [0.25, 0.3) is 11.1 Å². The standard InChI is InChI=1S/C16H14O4/c1-10(17)11-6-8-12(9-7-11)13-4-3-5-14(18)15(13)16(19)20-2/h3-9,18H,1-2H3. The van der Waals surface area contributed by atoms with Gasteiger partial charge in [-0.1, -0.05) is 36.4 Å². The van der Waals surface area contributed by atoms with Gasteiger partial charge in [0, 0.05) is 5.56 Å². The zero-order valence-electron chi connectivity index (χ0n) is 11.2. The molecule has 20 heavy (non-hydrogen) atoms. The van der Waals surface area contributed by atoms with Crippen LogP contribution in [-0.4, -0.2) is 24.0 Å². The predicted octanol–water partition coefficient (Wildman–Crippen LogP) is 3.05. The number of rotatable bonds is 3. The average Bonchev–Trinajstić information content (AvgIpc) is 2.46. The highest BCUT2D eigenvalue weighted by Crippen LogP contribution is 2.30. The number of benzene rings is 2. The molecule has 0 unspecified atom stereocenters. The summed E-state index contributed by atoms with van der Waals surface area (Å²) < 4.78 is 4.69. The Hall–Kier alpha value is -2.62. The van der Waals surface area contributed by atoms with E-state index in [0.717, 1.165) is 5.56 Å². The topological polar surface area (TPSA) is 63.6 Å². The summed E-state index contributed by atoms with van der Waals surface area (Å²) in [4.78, 5) is 23.0. The molecule has 0 aromatic heterocycles. The van der Waals surface area contributed by atoms with Gasteiger partial charge in [-0.15, -0.1) is 0 Å². The maximum atomic E-state index is 11.8. The molecule has 0 radical (unpaired) electrons. The summed E-state index contributed by atoms with van der Waals surface area (Å²) in [6.07, 6.45) is 0. The predicted molar refractivity (Wildman–Crippen MR) is 74.9 cm³/mol. The molecular formula is C16H14O4. The van der Waals surface area contributed by atoms with Gasteiger partial charge in [-0.3, -0.25) is 4.79 Å². The van der Waals surface area contributed by atoms with Gasteiger partial charge in [0.15, 0.2) is 5.78 Å². The molecule has 0 aliphatic heterocycles. The molecule has 0 spiro atoms. The fourth-order valence-electron chi connectivity index (χ4n) is 1.98. The van der Waals surface area contributed by atoms with Gasteiger partial charge in [0.05, 0.1) is 7.11 Å². The van der Waals surface area contributed by atoms with E-state index in [0.29, 0.717) is 11.1 Å². The summed E-state index contributed by atoms with van der Waals surface area (Å²) in [5.74, 6) is -0.764. The van der Waals surface area contributed by atoms with Gasteiger partial charge in [0.1, 0.15) is 11.3 Å². The SMILES string of the molecule is COC(=O)c1c(O)cccc1-c1ccc(C(C)=O)cc1. The van der Waals surface area contributed by atoms with E-state index < -0.39 is 5.97 Å². The quantitative estimate of drug-likeness (QED) is 0.687. The van der Waals surface area contributed by atoms with E-state index in [4.69, 9.17) is 0 Å². The first kappa shape index (κ1) is 13.8. The number of carbonyl (C=O) groups is 2. The summed E-state index contributed by atoms with van der Waals surface area (Å²) in [5, 5.41) is 9.84. The Morgan fingerprint density at radius 3 is 2.25 bits per heavy atom.